The fraction of sp³-hybridized carbons (Fsp3) is 0.133. The van der Waals surface area contributed by atoms with Crippen molar-refractivity contribution in [3.63, 3.8) is 0 Å². The van der Waals surface area contributed by atoms with Crippen LogP contribution in [0.3, 0.4) is 0 Å². The standard InChI is InChI=1S/C15H11BrO4/c16-11-3-1-10(2-4-11)13(17)8-18-12-5-6-14-15(7-12)20-9-19-14/h1-7H,8-9H2. The maximum atomic E-state index is 12.0. The second-order valence-electron chi connectivity index (χ2n) is 4.23. The summed E-state index contributed by atoms with van der Waals surface area (Å²) in [5.41, 5.74) is 0.619. The third-order valence-corrected chi connectivity index (χ3v) is 3.41. The van der Waals surface area contributed by atoms with E-state index in [-0.39, 0.29) is 19.2 Å². The van der Waals surface area contributed by atoms with Gasteiger partial charge in [0, 0.05) is 16.1 Å². The number of benzene rings is 2. The van der Waals surface area contributed by atoms with Gasteiger partial charge in [-0.1, -0.05) is 28.1 Å². The van der Waals surface area contributed by atoms with Crippen LogP contribution in [-0.2, 0) is 0 Å². The molecular weight excluding hydrogens is 324 g/mol. The van der Waals surface area contributed by atoms with Gasteiger partial charge in [-0.15, -0.1) is 0 Å². The molecule has 1 aliphatic heterocycles. The highest BCUT2D eigenvalue weighted by Crippen LogP contribution is 2.35. The summed E-state index contributed by atoms with van der Waals surface area (Å²) in [6.07, 6.45) is 0. The van der Waals surface area contributed by atoms with E-state index in [2.05, 4.69) is 15.9 Å². The second kappa shape index (κ2) is 5.54. The second-order valence-corrected chi connectivity index (χ2v) is 5.15. The third-order valence-electron chi connectivity index (χ3n) is 2.88. The predicted molar refractivity (Wildman–Crippen MR) is 76.5 cm³/mol. The van der Waals surface area contributed by atoms with Crippen LogP contribution in [0.25, 0.3) is 0 Å². The maximum Gasteiger partial charge on any atom is 0.231 e. The molecule has 1 heterocycles. The van der Waals surface area contributed by atoms with Gasteiger partial charge >= 0.3 is 0 Å². The van der Waals surface area contributed by atoms with E-state index in [9.17, 15) is 4.79 Å². The summed E-state index contributed by atoms with van der Waals surface area (Å²) in [6.45, 7) is 0.206. The minimum Gasteiger partial charge on any atom is -0.485 e. The Morgan fingerprint density at radius 2 is 1.85 bits per heavy atom. The Balaban J connectivity index is 1.64. The molecule has 2 aromatic carbocycles. The minimum absolute atomic E-state index is 0.0126. The first-order valence-corrected chi connectivity index (χ1v) is 6.83. The number of halogens is 1. The van der Waals surface area contributed by atoms with Gasteiger partial charge in [-0.25, -0.2) is 0 Å². The molecule has 0 unspecified atom stereocenters. The molecular formula is C15H11BrO4. The highest BCUT2D eigenvalue weighted by Gasteiger charge is 2.14. The first kappa shape index (κ1) is 13.0. The van der Waals surface area contributed by atoms with Gasteiger partial charge in [0.1, 0.15) is 5.75 Å². The Morgan fingerprint density at radius 1 is 1.10 bits per heavy atom. The number of ether oxygens (including phenoxy) is 3. The molecule has 0 bridgehead atoms. The van der Waals surface area contributed by atoms with Gasteiger partial charge in [-0.05, 0) is 24.3 Å². The van der Waals surface area contributed by atoms with Crippen LogP contribution in [0.1, 0.15) is 10.4 Å². The van der Waals surface area contributed by atoms with E-state index in [0.717, 1.165) is 4.47 Å². The van der Waals surface area contributed by atoms with Crippen molar-refractivity contribution >= 4 is 21.7 Å². The molecule has 2 aromatic rings. The summed E-state index contributed by atoms with van der Waals surface area (Å²) >= 11 is 3.33. The zero-order valence-electron chi connectivity index (χ0n) is 10.5. The lowest BCUT2D eigenvalue weighted by atomic mass is 10.1. The van der Waals surface area contributed by atoms with Crippen molar-refractivity contribution in [1.82, 2.24) is 0 Å². The lowest BCUT2D eigenvalue weighted by molar-refractivity contribution is 0.0921. The summed E-state index contributed by atoms with van der Waals surface area (Å²) in [6, 6.07) is 12.4. The molecule has 0 radical (unpaired) electrons. The van der Waals surface area contributed by atoms with E-state index in [4.69, 9.17) is 14.2 Å². The zero-order chi connectivity index (χ0) is 13.9. The summed E-state index contributed by atoms with van der Waals surface area (Å²) in [5.74, 6) is 1.84. The van der Waals surface area contributed by atoms with Gasteiger partial charge < -0.3 is 14.2 Å². The fourth-order valence-corrected chi connectivity index (χ4v) is 2.10. The molecule has 3 rings (SSSR count). The van der Waals surface area contributed by atoms with E-state index in [0.29, 0.717) is 22.8 Å². The average molecular weight is 335 g/mol. The predicted octanol–water partition coefficient (Wildman–Crippen LogP) is 3.44. The molecule has 0 fully saturated rings. The first-order chi connectivity index (χ1) is 9.72. The topological polar surface area (TPSA) is 44.8 Å². The Hall–Kier alpha value is -2.01. The number of fused-ring (bicyclic) bond motifs is 1. The van der Waals surface area contributed by atoms with Gasteiger partial charge in [0.25, 0.3) is 0 Å². The van der Waals surface area contributed by atoms with Crippen LogP contribution >= 0.6 is 15.9 Å². The van der Waals surface area contributed by atoms with Gasteiger partial charge in [0.2, 0.25) is 6.79 Å². The number of carbonyl (C=O) groups is 1. The Bertz CT molecular complexity index is 637. The normalized spacial score (nSPS) is 12.2. The highest BCUT2D eigenvalue weighted by atomic mass is 79.9. The third kappa shape index (κ3) is 2.77. The minimum atomic E-state index is -0.0739. The van der Waals surface area contributed by atoms with Crippen molar-refractivity contribution in [2.75, 3.05) is 13.4 Å². The molecule has 0 atom stereocenters. The quantitative estimate of drug-likeness (QED) is 0.803. The van der Waals surface area contributed by atoms with Crippen molar-refractivity contribution in [2.45, 2.75) is 0 Å². The molecule has 0 spiro atoms. The Labute approximate surface area is 124 Å². The van der Waals surface area contributed by atoms with Gasteiger partial charge in [-0.3, -0.25) is 4.79 Å². The van der Waals surface area contributed by atoms with Crippen LogP contribution in [0.4, 0.5) is 0 Å². The average Bonchev–Trinajstić information content (AvgIpc) is 2.93. The Kier molecular flexibility index (Phi) is 3.60. The van der Waals surface area contributed by atoms with E-state index < -0.39 is 0 Å². The smallest absolute Gasteiger partial charge is 0.231 e. The monoisotopic (exact) mass is 334 g/mol. The maximum absolute atomic E-state index is 12.0. The largest absolute Gasteiger partial charge is 0.485 e. The van der Waals surface area contributed by atoms with Crippen LogP contribution in [0.5, 0.6) is 17.2 Å². The summed E-state index contributed by atoms with van der Waals surface area (Å²) < 4.78 is 16.9. The molecule has 0 aromatic heterocycles. The van der Waals surface area contributed by atoms with Crippen LogP contribution < -0.4 is 14.2 Å². The van der Waals surface area contributed by atoms with Crippen molar-refractivity contribution in [3.8, 4) is 17.2 Å². The van der Waals surface area contributed by atoms with E-state index in [1.54, 1.807) is 30.3 Å². The van der Waals surface area contributed by atoms with Crippen molar-refractivity contribution in [1.29, 1.82) is 0 Å². The number of Topliss-reactive ketones (excluding diaryl/α,β-unsaturated/α-hetero) is 1. The van der Waals surface area contributed by atoms with E-state index in [1.165, 1.54) is 0 Å². The van der Waals surface area contributed by atoms with Gasteiger partial charge in [0.15, 0.2) is 23.9 Å². The van der Waals surface area contributed by atoms with E-state index >= 15 is 0 Å². The van der Waals surface area contributed by atoms with Crippen molar-refractivity contribution in [3.05, 3.63) is 52.5 Å². The number of ketones is 1. The number of hydrogen-bond acceptors (Lipinski definition) is 4. The molecule has 0 aliphatic carbocycles. The van der Waals surface area contributed by atoms with Gasteiger partial charge in [-0.2, -0.15) is 0 Å². The van der Waals surface area contributed by atoms with Crippen molar-refractivity contribution < 1.29 is 19.0 Å². The molecule has 102 valence electrons. The van der Waals surface area contributed by atoms with Crippen LogP contribution in [0.2, 0.25) is 0 Å². The SMILES string of the molecule is O=C(COc1ccc2c(c1)OCO2)c1ccc(Br)cc1. The summed E-state index contributed by atoms with van der Waals surface area (Å²) in [4.78, 5) is 12.0. The Morgan fingerprint density at radius 3 is 2.65 bits per heavy atom. The van der Waals surface area contributed by atoms with Crippen LogP contribution in [0, 0.1) is 0 Å². The number of carbonyl (C=O) groups excluding carboxylic acids is 1. The molecule has 1 aliphatic rings. The molecule has 20 heavy (non-hydrogen) atoms. The molecule has 0 saturated carbocycles. The molecule has 0 saturated heterocycles. The summed E-state index contributed by atoms with van der Waals surface area (Å²) in [5, 5.41) is 0. The first-order valence-electron chi connectivity index (χ1n) is 6.03. The molecule has 4 nitrogen and oxygen atoms in total. The van der Waals surface area contributed by atoms with Crippen LogP contribution in [0.15, 0.2) is 46.9 Å². The summed E-state index contributed by atoms with van der Waals surface area (Å²) in [7, 11) is 0. The van der Waals surface area contributed by atoms with Gasteiger partial charge in [0.05, 0.1) is 0 Å². The highest BCUT2D eigenvalue weighted by molar-refractivity contribution is 9.10. The molecule has 5 heteroatoms. The lowest BCUT2D eigenvalue weighted by Gasteiger charge is -2.06. The van der Waals surface area contributed by atoms with E-state index in [1.807, 2.05) is 12.1 Å². The lowest BCUT2D eigenvalue weighted by Crippen LogP contribution is -2.11. The van der Waals surface area contributed by atoms with Crippen molar-refractivity contribution in [2.24, 2.45) is 0 Å². The zero-order valence-corrected chi connectivity index (χ0v) is 12.1. The number of hydrogen-bond donors (Lipinski definition) is 0. The molecule has 0 N–H and O–H groups in total. The molecule has 0 amide bonds. The fourth-order valence-electron chi connectivity index (χ4n) is 1.83. The number of rotatable bonds is 4. The van der Waals surface area contributed by atoms with Crippen LogP contribution in [-0.4, -0.2) is 19.2 Å².